The number of aromatic nitrogens is 2. The summed E-state index contributed by atoms with van der Waals surface area (Å²) in [5.74, 6) is 0. The zero-order valence-electron chi connectivity index (χ0n) is 8.57. The molecule has 0 radical (unpaired) electrons. The lowest BCUT2D eigenvalue weighted by Gasteiger charge is -2.13. The van der Waals surface area contributed by atoms with Crippen LogP contribution in [0, 0.1) is 0 Å². The maximum absolute atomic E-state index is 5.06. The molecule has 0 spiro atoms. The van der Waals surface area contributed by atoms with Crippen molar-refractivity contribution in [3.63, 3.8) is 0 Å². The molecule has 1 fully saturated rings. The van der Waals surface area contributed by atoms with Gasteiger partial charge in [-0.3, -0.25) is 0 Å². The van der Waals surface area contributed by atoms with Gasteiger partial charge in [0.05, 0.1) is 18.6 Å². The topological polar surface area (TPSA) is 39.1 Å². The van der Waals surface area contributed by atoms with Crippen LogP contribution in [0.5, 0.6) is 0 Å². The van der Waals surface area contributed by atoms with Gasteiger partial charge < -0.3 is 14.6 Å². The lowest BCUT2D eigenvalue weighted by Crippen LogP contribution is -2.17. The molecule has 1 N–H and O–H groups in total. The van der Waals surface area contributed by atoms with Gasteiger partial charge in [-0.2, -0.15) is 0 Å². The van der Waals surface area contributed by atoms with Crippen LogP contribution in [0.3, 0.4) is 0 Å². The third-order valence-corrected chi connectivity index (χ3v) is 2.70. The van der Waals surface area contributed by atoms with E-state index in [1.165, 1.54) is 18.5 Å². The van der Waals surface area contributed by atoms with Gasteiger partial charge in [-0.25, -0.2) is 4.98 Å². The Balaban J connectivity index is 2.04. The largest absolute Gasteiger partial charge is 0.383 e. The van der Waals surface area contributed by atoms with Gasteiger partial charge in [-0.15, -0.1) is 0 Å². The summed E-state index contributed by atoms with van der Waals surface area (Å²) in [5.41, 5.74) is 1.29. The number of nitrogens with zero attached hydrogens (tertiary/aromatic N) is 2. The second-order valence-corrected chi connectivity index (χ2v) is 3.65. The molecule has 1 aromatic heterocycles. The summed E-state index contributed by atoms with van der Waals surface area (Å²) < 4.78 is 7.24. The maximum atomic E-state index is 5.06. The van der Waals surface area contributed by atoms with E-state index in [0.29, 0.717) is 6.04 Å². The zero-order valence-corrected chi connectivity index (χ0v) is 8.57. The van der Waals surface area contributed by atoms with E-state index in [4.69, 9.17) is 4.74 Å². The Hall–Kier alpha value is -0.870. The van der Waals surface area contributed by atoms with E-state index < -0.39 is 0 Å². The summed E-state index contributed by atoms with van der Waals surface area (Å²) in [6, 6.07) is 0.495. The molecule has 2 rings (SSSR count). The van der Waals surface area contributed by atoms with E-state index in [1.54, 1.807) is 7.11 Å². The number of hydrogen-bond donors (Lipinski definition) is 1. The molecule has 0 aromatic carbocycles. The molecule has 0 aliphatic carbocycles. The molecule has 78 valence electrons. The Morgan fingerprint density at radius 1 is 1.71 bits per heavy atom. The smallest absolute Gasteiger partial charge is 0.0949 e. The van der Waals surface area contributed by atoms with Gasteiger partial charge in [0, 0.05) is 25.9 Å². The summed E-state index contributed by atoms with van der Waals surface area (Å²) >= 11 is 0. The fraction of sp³-hybridized carbons (Fsp3) is 0.700. The molecule has 1 unspecified atom stereocenters. The van der Waals surface area contributed by atoms with Crippen molar-refractivity contribution in [2.75, 3.05) is 20.3 Å². The minimum Gasteiger partial charge on any atom is -0.383 e. The number of nitrogens with one attached hydrogen (secondary N) is 1. The molecule has 14 heavy (non-hydrogen) atoms. The van der Waals surface area contributed by atoms with E-state index in [1.807, 2.05) is 12.5 Å². The Bertz CT molecular complexity index is 279. The van der Waals surface area contributed by atoms with Crippen molar-refractivity contribution in [2.45, 2.75) is 25.4 Å². The predicted octanol–water partition coefficient (Wildman–Crippen LogP) is 0.954. The molecule has 1 saturated heterocycles. The monoisotopic (exact) mass is 195 g/mol. The number of imidazole rings is 1. The summed E-state index contributed by atoms with van der Waals surface area (Å²) in [5, 5.41) is 3.47. The molecule has 0 amide bonds. The van der Waals surface area contributed by atoms with Crippen LogP contribution < -0.4 is 5.32 Å². The molecular weight excluding hydrogens is 178 g/mol. The normalized spacial score (nSPS) is 21.6. The molecule has 2 heterocycles. The first kappa shape index (κ1) is 9.68. The van der Waals surface area contributed by atoms with E-state index >= 15 is 0 Å². The highest BCUT2D eigenvalue weighted by atomic mass is 16.5. The molecule has 1 aliphatic rings. The van der Waals surface area contributed by atoms with E-state index in [0.717, 1.165) is 19.7 Å². The quantitative estimate of drug-likeness (QED) is 0.777. The third kappa shape index (κ3) is 1.96. The van der Waals surface area contributed by atoms with Gasteiger partial charge in [0.1, 0.15) is 0 Å². The lowest BCUT2D eigenvalue weighted by atomic mass is 10.2. The molecule has 1 atom stereocenters. The van der Waals surface area contributed by atoms with Crippen LogP contribution in [0.4, 0.5) is 0 Å². The summed E-state index contributed by atoms with van der Waals surface area (Å²) in [4.78, 5) is 4.19. The average Bonchev–Trinajstić information content (AvgIpc) is 2.84. The van der Waals surface area contributed by atoms with Crippen molar-refractivity contribution in [3.8, 4) is 0 Å². The van der Waals surface area contributed by atoms with Crippen molar-refractivity contribution in [3.05, 3.63) is 18.2 Å². The number of hydrogen-bond acceptors (Lipinski definition) is 3. The van der Waals surface area contributed by atoms with Crippen molar-refractivity contribution in [1.82, 2.24) is 14.9 Å². The van der Waals surface area contributed by atoms with Crippen LogP contribution >= 0.6 is 0 Å². The highest BCUT2D eigenvalue weighted by Gasteiger charge is 2.19. The van der Waals surface area contributed by atoms with Gasteiger partial charge in [0.25, 0.3) is 0 Å². The first-order valence-corrected chi connectivity index (χ1v) is 5.14. The molecule has 0 bridgehead atoms. The van der Waals surface area contributed by atoms with Crippen molar-refractivity contribution < 1.29 is 4.74 Å². The van der Waals surface area contributed by atoms with Crippen LogP contribution in [-0.4, -0.2) is 29.8 Å². The first-order chi connectivity index (χ1) is 6.92. The van der Waals surface area contributed by atoms with Crippen LogP contribution in [0.15, 0.2) is 12.5 Å². The summed E-state index contributed by atoms with van der Waals surface area (Å²) in [6.45, 7) is 2.76. The minimum atomic E-state index is 0.495. The standard InChI is InChI=1S/C10H17N3O/c1-14-6-5-13-8-11-7-10(13)9-3-2-4-12-9/h7-9,12H,2-6H2,1H3. The van der Waals surface area contributed by atoms with E-state index in [9.17, 15) is 0 Å². The van der Waals surface area contributed by atoms with Gasteiger partial charge in [-0.1, -0.05) is 0 Å². The minimum absolute atomic E-state index is 0.495. The highest BCUT2D eigenvalue weighted by Crippen LogP contribution is 2.22. The van der Waals surface area contributed by atoms with Crippen molar-refractivity contribution in [1.29, 1.82) is 0 Å². The predicted molar refractivity (Wildman–Crippen MR) is 54.1 cm³/mol. The maximum Gasteiger partial charge on any atom is 0.0949 e. The van der Waals surface area contributed by atoms with Gasteiger partial charge in [0.15, 0.2) is 0 Å². The van der Waals surface area contributed by atoms with Crippen molar-refractivity contribution in [2.24, 2.45) is 0 Å². The van der Waals surface area contributed by atoms with Crippen molar-refractivity contribution >= 4 is 0 Å². The lowest BCUT2D eigenvalue weighted by molar-refractivity contribution is 0.186. The van der Waals surface area contributed by atoms with Crippen LogP contribution in [0.1, 0.15) is 24.6 Å². The second kappa shape index (κ2) is 4.57. The van der Waals surface area contributed by atoms with Crippen LogP contribution in [0.25, 0.3) is 0 Å². The SMILES string of the molecule is COCCn1cncc1C1CCCN1. The molecular formula is C10H17N3O. The fourth-order valence-corrected chi connectivity index (χ4v) is 1.93. The number of ether oxygens (including phenoxy) is 1. The fourth-order valence-electron chi connectivity index (χ4n) is 1.93. The molecule has 4 nitrogen and oxygen atoms in total. The summed E-state index contributed by atoms with van der Waals surface area (Å²) in [7, 11) is 1.73. The number of rotatable bonds is 4. The van der Waals surface area contributed by atoms with E-state index in [-0.39, 0.29) is 0 Å². The Morgan fingerprint density at radius 3 is 3.36 bits per heavy atom. The highest BCUT2D eigenvalue weighted by molar-refractivity contribution is 5.07. The molecule has 0 saturated carbocycles. The molecule has 4 heteroatoms. The summed E-state index contributed by atoms with van der Waals surface area (Å²) in [6.07, 6.45) is 6.33. The average molecular weight is 195 g/mol. The zero-order chi connectivity index (χ0) is 9.80. The Morgan fingerprint density at radius 2 is 2.64 bits per heavy atom. The third-order valence-electron chi connectivity index (χ3n) is 2.70. The number of methoxy groups -OCH3 is 1. The van der Waals surface area contributed by atoms with Crippen LogP contribution in [0.2, 0.25) is 0 Å². The Labute approximate surface area is 84.3 Å². The van der Waals surface area contributed by atoms with E-state index in [2.05, 4.69) is 14.9 Å². The van der Waals surface area contributed by atoms with Gasteiger partial charge in [0.2, 0.25) is 0 Å². The molecule has 1 aliphatic heterocycles. The van der Waals surface area contributed by atoms with Gasteiger partial charge in [-0.05, 0) is 19.4 Å². The second-order valence-electron chi connectivity index (χ2n) is 3.65. The molecule has 1 aromatic rings. The van der Waals surface area contributed by atoms with Crippen LogP contribution in [-0.2, 0) is 11.3 Å². The Kier molecular flexibility index (Phi) is 3.16. The van der Waals surface area contributed by atoms with Gasteiger partial charge >= 0.3 is 0 Å². The first-order valence-electron chi connectivity index (χ1n) is 5.14.